The van der Waals surface area contributed by atoms with Gasteiger partial charge >= 0.3 is 0 Å². The predicted octanol–water partition coefficient (Wildman–Crippen LogP) is 4.32. The molecule has 5 nitrogen and oxygen atoms in total. The Balaban J connectivity index is 0.00000102. The van der Waals surface area contributed by atoms with E-state index in [0.717, 1.165) is 55.1 Å². The van der Waals surface area contributed by atoms with Gasteiger partial charge in [0, 0.05) is 25.7 Å². The van der Waals surface area contributed by atoms with Crippen molar-refractivity contribution < 1.29 is 4.39 Å². The van der Waals surface area contributed by atoms with E-state index in [1.165, 1.54) is 11.8 Å². The Morgan fingerprint density at radius 2 is 2.04 bits per heavy atom. The summed E-state index contributed by atoms with van der Waals surface area (Å²) < 4.78 is 14.7. The fourth-order valence-corrected chi connectivity index (χ4v) is 4.69. The van der Waals surface area contributed by atoms with Crippen LogP contribution in [0.3, 0.4) is 0 Å². The quantitative estimate of drug-likeness (QED) is 0.461. The molecular formula is C19H27ClFN5S. The van der Waals surface area contributed by atoms with Gasteiger partial charge in [-0.3, -0.25) is 0 Å². The molecule has 0 saturated carbocycles. The van der Waals surface area contributed by atoms with Crippen molar-refractivity contribution in [2.24, 2.45) is 5.92 Å². The number of fused-ring (bicyclic) bond motifs is 2. The van der Waals surface area contributed by atoms with Crippen LogP contribution in [0.1, 0.15) is 39.8 Å². The first-order valence-electron chi connectivity index (χ1n) is 9.79. The number of piperazine rings is 1. The van der Waals surface area contributed by atoms with E-state index in [4.69, 9.17) is 16.6 Å². The van der Waals surface area contributed by atoms with Crippen molar-refractivity contribution in [1.82, 2.24) is 20.3 Å². The number of hydrogen-bond acceptors (Lipinski definition) is 6. The molecule has 1 saturated heterocycles. The van der Waals surface area contributed by atoms with Crippen LogP contribution in [0.5, 0.6) is 0 Å². The summed E-state index contributed by atoms with van der Waals surface area (Å²) in [6.45, 7) is 10.9. The number of nitrogens with one attached hydrogen (secondary N) is 1. The van der Waals surface area contributed by atoms with Crippen molar-refractivity contribution in [3.63, 3.8) is 0 Å². The molecule has 2 unspecified atom stereocenters. The number of anilines is 1. The number of aromatic nitrogens is 3. The topological polar surface area (TPSA) is 53.9 Å². The number of rotatable bonds is 3. The van der Waals surface area contributed by atoms with Gasteiger partial charge in [-0.2, -0.15) is 0 Å². The van der Waals surface area contributed by atoms with Crippen LogP contribution in [0.25, 0.3) is 10.9 Å². The molecule has 2 aromatic rings. The lowest BCUT2D eigenvalue weighted by Crippen LogP contribution is -2.54. The van der Waals surface area contributed by atoms with E-state index in [2.05, 4.69) is 27.1 Å². The second-order valence-corrected chi connectivity index (χ2v) is 8.08. The minimum atomic E-state index is -0.538. The average molecular weight is 412 g/mol. The predicted molar refractivity (Wildman–Crippen MR) is 112 cm³/mol. The Morgan fingerprint density at radius 1 is 1.26 bits per heavy atom. The van der Waals surface area contributed by atoms with E-state index in [0.29, 0.717) is 22.6 Å². The smallest absolute Gasteiger partial charge is 0.190 e. The van der Waals surface area contributed by atoms with Gasteiger partial charge in [0.05, 0.1) is 11.1 Å². The summed E-state index contributed by atoms with van der Waals surface area (Å²) in [5, 5.41) is 4.74. The molecule has 148 valence electrons. The number of hydrogen-bond donors (Lipinski definition) is 1. The number of halogens is 2. The van der Waals surface area contributed by atoms with Gasteiger partial charge < -0.3 is 10.2 Å². The number of thioether (sulfide) groups is 1. The van der Waals surface area contributed by atoms with Gasteiger partial charge in [0.15, 0.2) is 16.1 Å². The van der Waals surface area contributed by atoms with Gasteiger partial charge in [-0.05, 0) is 18.1 Å². The minimum Gasteiger partial charge on any atom is -0.350 e. The molecule has 0 aliphatic carbocycles. The maximum absolute atomic E-state index is 14.7. The highest BCUT2D eigenvalue weighted by atomic mass is 35.5. The molecule has 0 spiro atoms. The minimum absolute atomic E-state index is 0.0903. The van der Waals surface area contributed by atoms with Crippen LogP contribution in [-0.4, -0.2) is 46.4 Å². The fraction of sp³-hybridized carbons (Fsp3) is 0.632. The number of pyridine rings is 1. The number of nitrogens with zero attached hydrogens (tertiary/aromatic N) is 4. The summed E-state index contributed by atoms with van der Waals surface area (Å²) in [7, 11) is 0. The molecule has 4 rings (SSSR count). The van der Waals surface area contributed by atoms with Crippen LogP contribution in [0.2, 0.25) is 5.15 Å². The van der Waals surface area contributed by atoms with Crippen molar-refractivity contribution in [3.8, 4) is 0 Å². The SMILES string of the molecule is CC.CCSc1nc2c3c(nc(Cl)c(F)c3n1)CC(CC)C1CNCCN21. The largest absolute Gasteiger partial charge is 0.350 e. The Kier molecular flexibility index (Phi) is 6.76. The van der Waals surface area contributed by atoms with Crippen LogP contribution < -0.4 is 10.2 Å². The van der Waals surface area contributed by atoms with E-state index < -0.39 is 5.82 Å². The van der Waals surface area contributed by atoms with Crippen LogP contribution in [-0.2, 0) is 6.42 Å². The molecule has 4 heterocycles. The Bertz CT molecular complexity index is 819. The van der Waals surface area contributed by atoms with Crippen molar-refractivity contribution in [3.05, 3.63) is 16.7 Å². The van der Waals surface area contributed by atoms with E-state index in [1.54, 1.807) is 0 Å². The lowest BCUT2D eigenvalue weighted by atomic mass is 9.90. The first-order chi connectivity index (χ1) is 13.1. The normalized spacial score (nSPS) is 21.3. The molecule has 1 fully saturated rings. The van der Waals surface area contributed by atoms with Crippen molar-refractivity contribution in [1.29, 1.82) is 0 Å². The maximum Gasteiger partial charge on any atom is 0.190 e. The van der Waals surface area contributed by atoms with Crippen molar-refractivity contribution in [2.75, 3.05) is 30.3 Å². The molecule has 0 radical (unpaired) electrons. The third-order valence-electron chi connectivity index (χ3n) is 5.13. The maximum atomic E-state index is 14.7. The van der Waals surface area contributed by atoms with Crippen molar-refractivity contribution in [2.45, 2.75) is 51.7 Å². The molecule has 2 aromatic heterocycles. The average Bonchev–Trinajstić information content (AvgIpc) is 2.83. The van der Waals surface area contributed by atoms with Gasteiger partial charge in [0.2, 0.25) is 0 Å². The first kappa shape index (κ1) is 20.6. The third-order valence-corrected chi connectivity index (χ3v) is 6.11. The van der Waals surface area contributed by atoms with E-state index in [9.17, 15) is 4.39 Å². The van der Waals surface area contributed by atoms with Crippen LogP contribution in [0, 0.1) is 11.7 Å². The summed E-state index contributed by atoms with van der Waals surface area (Å²) in [5.74, 6) is 1.53. The van der Waals surface area contributed by atoms with Crippen LogP contribution in [0.15, 0.2) is 5.16 Å². The summed E-state index contributed by atoms with van der Waals surface area (Å²) in [5.41, 5.74) is 1.13. The molecule has 0 amide bonds. The molecule has 1 N–H and O–H groups in total. The Hall–Kier alpha value is -1.18. The van der Waals surface area contributed by atoms with E-state index >= 15 is 0 Å². The van der Waals surface area contributed by atoms with Crippen LogP contribution in [0.4, 0.5) is 10.2 Å². The van der Waals surface area contributed by atoms with Gasteiger partial charge in [-0.1, -0.05) is 57.5 Å². The molecule has 0 aromatic carbocycles. The molecule has 8 heteroatoms. The molecule has 2 aliphatic rings. The first-order valence-corrected chi connectivity index (χ1v) is 11.2. The van der Waals surface area contributed by atoms with Gasteiger partial charge in [0.25, 0.3) is 0 Å². The van der Waals surface area contributed by atoms with Gasteiger partial charge in [-0.15, -0.1) is 0 Å². The second kappa shape index (κ2) is 8.88. The third kappa shape index (κ3) is 3.74. The van der Waals surface area contributed by atoms with Gasteiger partial charge in [0.1, 0.15) is 11.3 Å². The van der Waals surface area contributed by atoms with E-state index in [-0.39, 0.29) is 5.15 Å². The summed E-state index contributed by atoms with van der Waals surface area (Å²) in [4.78, 5) is 16.0. The summed E-state index contributed by atoms with van der Waals surface area (Å²) >= 11 is 7.62. The molecule has 2 atom stereocenters. The zero-order valence-corrected chi connectivity index (χ0v) is 17.9. The van der Waals surface area contributed by atoms with Crippen molar-refractivity contribution >= 4 is 40.1 Å². The Labute approximate surface area is 169 Å². The molecular weight excluding hydrogens is 385 g/mol. The zero-order valence-electron chi connectivity index (χ0n) is 16.4. The van der Waals surface area contributed by atoms with Crippen LogP contribution >= 0.6 is 23.4 Å². The highest BCUT2D eigenvalue weighted by Gasteiger charge is 2.36. The zero-order chi connectivity index (χ0) is 19.6. The lowest BCUT2D eigenvalue weighted by Gasteiger charge is -2.40. The second-order valence-electron chi connectivity index (χ2n) is 6.49. The summed E-state index contributed by atoms with van der Waals surface area (Å²) in [6, 6.07) is 0.326. The Morgan fingerprint density at radius 3 is 2.74 bits per heavy atom. The highest BCUT2D eigenvalue weighted by molar-refractivity contribution is 7.99. The summed E-state index contributed by atoms with van der Waals surface area (Å²) in [6.07, 6.45) is 1.80. The molecule has 27 heavy (non-hydrogen) atoms. The molecule has 0 bridgehead atoms. The lowest BCUT2D eigenvalue weighted by molar-refractivity contribution is 0.340. The molecule has 2 aliphatic heterocycles. The standard InChI is InChI=1S/C17H21ClFN5S.C2H6/c1-3-9-7-10-12-14(13(19)15(18)21-10)22-17(25-4-2)23-16(12)24-6-5-20-8-11(9)24;1-2/h9,11,20H,3-8H2,1-2H3;1-2H3. The van der Waals surface area contributed by atoms with E-state index in [1.807, 2.05) is 20.8 Å². The van der Waals surface area contributed by atoms with Gasteiger partial charge in [-0.25, -0.2) is 19.3 Å². The fourth-order valence-electron chi connectivity index (χ4n) is 3.93. The highest BCUT2D eigenvalue weighted by Crippen LogP contribution is 2.39. The monoisotopic (exact) mass is 411 g/mol.